The second-order valence-electron chi connectivity index (χ2n) is 5.70. The van der Waals surface area contributed by atoms with E-state index in [1.165, 1.54) is 0 Å². The van der Waals surface area contributed by atoms with Gasteiger partial charge < -0.3 is 14.6 Å². The van der Waals surface area contributed by atoms with Crippen LogP contribution in [0.5, 0.6) is 5.75 Å². The fourth-order valence-electron chi connectivity index (χ4n) is 2.82. The maximum atomic E-state index is 12.8. The minimum atomic E-state index is -1.52. The van der Waals surface area contributed by atoms with Crippen molar-refractivity contribution in [2.24, 2.45) is 0 Å². The van der Waals surface area contributed by atoms with Crippen molar-refractivity contribution >= 4 is 29.4 Å². The fraction of sp³-hybridized carbons (Fsp3) is 0.0952. The summed E-state index contributed by atoms with van der Waals surface area (Å²) >= 11 is 0. The third kappa shape index (κ3) is 3.58. The van der Waals surface area contributed by atoms with Crippen molar-refractivity contribution in [1.82, 2.24) is 4.90 Å². The van der Waals surface area contributed by atoms with Crippen LogP contribution in [0.2, 0.25) is 0 Å². The summed E-state index contributed by atoms with van der Waals surface area (Å²) in [5.41, 5.74) is 1.43. The van der Waals surface area contributed by atoms with E-state index in [9.17, 15) is 19.5 Å². The summed E-state index contributed by atoms with van der Waals surface area (Å²) in [6, 6.07) is 13.5. The number of carboxylic acid groups (broad SMARTS) is 1. The summed E-state index contributed by atoms with van der Waals surface area (Å²) < 4.78 is 5.49. The van der Waals surface area contributed by atoms with Crippen LogP contribution in [0.4, 0.5) is 0 Å². The van der Waals surface area contributed by atoms with E-state index in [4.69, 9.17) is 11.2 Å². The average molecular weight is 360 g/mol. The second-order valence-corrected chi connectivity index (χ2v) is 5.70. The summed E-state index contributed by atoms with van der Waals surface area (Å²) in [4.78, 5) is 37.0. The molecule has 0 atom stereocenters. The first-order valence-electron chi connectivity index (χ1n) is 8.05. The van der Waals surface area contributed by atoms with Crippen LogP contribution in [0.3, 0.4) is 0 Å². The van der Waals surface area contributed by atoms with Crippen molar-refractivity contribution < 1.29 is 24.2 Å². The molecule has 2 aromatic carbocycles. The molecule has 0 spiro atoms. The highest BCUT2D eigenvalue weighted by Crippen LogP contribution is 2.32. The van der Waals surface area contributed by atoms with Gasteiger partial charge in [-0.1, -0.05) is 42.3 Å². The lowest BCUT2D eigenvalue weighted by Crippen LogP contribution is -2.47. The lowest BCUT2D eigenvalue weighted by Gasteiger charge is -2.29. The largest absolute Gasteiger partial charge is 0.548 e. The van der Waals surface area contributed by atoms with Gasteiger partial charge in [-0.25, -0.2) is 0 Å². The molecule has 1 heterocycles. The molecular formula is C21H14NO5-. The lowest BCUT2D eigenvalue weighted by molar-refractivity contribution is -0.305. The van der Waals surface area contributed by atoms with Crippen molar-refractivity contribution in [2.75, 3.05) is 13.2 Å². The Morgan fingerprint density at radius 2 is 1.74 bits per heavy atom. The topological polar surface area (TPSA) is 86.7 Å². The maximum Gasteiger partial charge on any atom is 0.261 e. The molecule has 6 nitrogen and oxygen atoms in total. The predicted molar refractivity (Wildman–Crippen MR) is 96.1 cm³/mol. The zero-order valence-corrected chi connectivity index (χ0v) is 14.2. The molecule has 27 heavy (non-hydrogen) atoms. The van der Waals surface area contributed by atoms with Crippen LogP contribution in [0.1, 0.15) is 21.5 Å². The number of benzene rings is 2. The molecule has 2 aromatic rings. The van der Waals surface area contributed by atoms with Gasteiger partial charge in [-0.3, -0.25) is 14.5 Å². The third-order valence-electron chi connectivity index (χ3n) is 3.99. The molecule has 3 rings (SSSR count). The summed E-state index contributed by atoms with van der Waals surface area (Å²) in [7, 11) is 0. The number of carboxylic acids is 1. The zero-order valence-electron chi connectivity index (χ0n) is 14.2. The van der Waals surface area contributed by atoms with E-state index < -0.39 is 24.3 Å². The molecular weight excluding hydrogens is 346 g/mol. The molecule has 2 amide bonds. The fourth-order valence-corrected chi connectivity index (χ4v) is 2.82. The first-order chi connectivity index (χ1) is 13.0. The number of aliphatic carboxylic acids is 1. The highest BCUT2D eigenvalue weighted by molar-refractivity contribution is 6.34. The van der Waals surface area contributed by atoms with Crippen LogP contribution in [-0.2, 0) is 9.59 Å². The van der Waals surface area contributed by atoms with E-state index in [0.29, 0.717) is 21.8 Å². The smallest absolute Gasteiger partial charge is 0.261 e. The number of hydrogen-bond acceptors (Lipinski definition) is 5. The van der Waals surface area contributed by atoms with E-state index in [-0.39, 0.29) is 17.7 Å². The lowest BCUT2D eigenvalue weighted by atomic mass is 9.92. The molecule has 0 unspecified atom stereocenters. The third-order valence-corrected chi connectivity index (χ3v) is 3.99. The van der Waals surface area contributed by atoms with Gasteiger partial charge in [-0.2, -0.15) is 0 Å². The number of fused-ring (bicyclic) bond motifs is 1. The van der Waals surface area contributed by atoms with Gasteiger partial charge in [0.1, 0.15) is 12.4 Å². The number of para-hydroxylation sites is 1. The van der Waals surface area contributed by atoms with Crippen molar-refractivity contribution in [3.63, 3.8) is 0 Å². The quantitative estimate of drug-likeness (QED) is 0.451. The number of amides is 2. The molecule has 134 valence electrons. The Balaban J connectivity index is 2.14. The molecule has 0 fully saturated rings. The number of terminal acetylenes is 1. The van der Waals surface area contributed by atoms with E-state index in [0.717, 1.165) is 0 Å². The zero-order chi connectivity index (χ0) is 19.4. The number of hydrogen-bond donors (Lipinski definition) is 0. The summed E-state index contributed by atoms with van der Waals surface area (Å²) in [5, 5.41) is 11.0. The second kappa shape index (κ2) is 7.58. The highest BCUT2D eigenvalue weighted by atomic mass is 16.5. The molecule has 0 bridgehead atoms. The van der Waals surface area contributed by atoms with Gasteiger partial charge >= 0.3 is 0 Å². The van der Waals surface area contributed by atoms with Gasteiger partial charge in [0.05, 0.1) is 12.5 Å². The van der Waals surface area contributed by atoms with Gasteiger partial charge in [0.2, 0.25) is 0 Å². The van der Waals surface area contributed by atoms with Crippen LogP contribution in [0.15, 0.2) is 48.5 Å². The molecule has 0 aliphatic carbocycles. The highest BCUT2D eigenvalue weighted by Gasteiger charge is 2.34. The SMILES string of the molecule is C#CCOc1ccccc1/C=C1\C(=O)N(CC(=O)[O-])C(=O)c2ccccc21. The van der Waals surface area contributed by atoms with Crippen molar-refractivity contribution in [3.8, 4) is 18.1 Å². The van der Waals surface area contributed by atoms with Crippen LogP contribution in [0.25, 0.3) is 11.6 Å². The number of ether oxygens (including phenoxy) is 1. The summed E-state index contributed by atoms with van der Waals surface area (Å²) in [5.74, 6) is -0.0659. The minimum Gasteiger partial charge on any atom is -0.548 e. The molecule has 0 saturated carbocycles. The van der Waals surface area contributed by atoms with Gasteiger partial charge in [-0.05, 0) is 23.8 Å². The summed E-state index contributed by atoms with van der Waals surface area (Å²) in [6.45, 7) is -0.765. The molecule has 6 heteroatoms. The molecule has 1 aliphatic rings. The normalized spacial score (nSPS) is 14.6. The monoisotopic (exact) mass is 360 g/mol. The van der Waals surface area contributed by atoms with Crippen LogP contribution in [0, 0.1) is 12.3 Å². The minimum absolute atomic E-state index is 0.0556. The summed E-state index contributed by atoms with van der Waals surface area (Å²) in [6.07, 6.45) is 6.78. The van der Waals surface area contributed by atoms with Crippen LogP contribution in [-0.4, -0.2) is 35.8 Å². The van der Waals surface area contributed by atoms with Gasteiger partial charge in [0.25, 0.3) is 11.8 Å². The van der Waals surface area contributed by atoms with Crippen molar-refractivity contribution in [1.29, 1.82) is 0 Å². The Kier molecular flexibility index (Phi) is 5.04. The van der Waals surface area contributed by atoms with Crippen molar-refractivity contribution in [3.05, 3.63) is 65.2 Å². The number of rotatable bonds is 5. The number of carbonyl (C=O) groups excluding carboxylic acids is 3. The van der Waals surface area contributed by atoms with E-state index in [1.54, 1.807) is 54.6 Å². The standard InChI is InChI=1S/C21H15NO5/c1-2-11-27-18-10-6-3-7-14(18)12-17-15-8-4-5-9-16(15)20(25)22(21(17)26)13-19(23)24/h1,3-10,12H,11,13H2,(H,23,24)/p-1/b17-12-. The van der Waals surface area contributed by atoms with Gasteiger partial charge in [0.15, 0.2) is 0 Å². The first-order valence-corrected chi connectivity index (χ1v) is 8.05. The van der Waals surface area contributed by atoms with Crippen LogP contribution < -0.4 is 9.84 Å². The Bertz CT molecular complexity index is 1000. The Morgan fingerprint density at radius 1 is 1.07 bits per heavy atom. The van der Waals surface area contributed by atoms with E-state index >= 15 is 0 Å². The number of imide groups is 1. The molecule has 1 aliphatic heterocycles. The maximum absolute atomic E-state index is 12.8. The van der Waals surface area contributed by atoms with E-state index in [2.05, 4.69) is 5.92 Å². The first kappa shape index (κ1) is 18.0. The van der Waals surface area contributed by atoms with E-state index in [1.807, 2.05) is 0 Å². The molecule has 0 aromatic heterocycles. The molecule has 0 N–H and O–H groups in total. The Morgan fingerprint density at radius 3 is 2.44 bits per heavy atom. The average Bonchev–Trinajstić information content (AvgIpc) is 2.67. The van der Waals surface area contributed by atoms with Gasteiger partial charge in [0, 0.05) is 16.7 Å². The Hall–Kier alpha value is -3.85. The van der Waals surface area contributed by atoms with Gasteiger partial charge in [-0.15, -0.1) is 6.42 Å². The van der Waals surface area contributed by atoms with Crippen molar-refractivity contribution in [2.45, 2.75) is 0 Å². The van der Waals surface area contributed by atoms with Crippen LogP contribution >= 0.6 is 0 Å². The predicted octanol–water partition coefficient (Wildman–Crippen LogP) is 0.971. The number of carbonyl (C=O) groups is 3. The molecule has 0 radical (unpaired) electrons. The Labute approximate surface area is 155 Å². The molecule has 0 saturated heterocycles. The number of nitrogens with zero attached hydrogens (tertiary/aromatic N) is 1.